The number of carbonyl (C=O) groups excluding carboxylic acids is 1. The van der Waals surface area contributed by atoms with Crippen molar-refractivity contribution >= 4 is 17.4 Å². The molecule has 0 spiro atoms. The maximum atomic E-state index is 15.9. The SMILES string of the molecule is Cc1ccc(C(C)(C)N2CC[C@@](CCc3ccc(F)s3)([C@H](F)NC(=O)Oc3ccccc3)C2)cn1. The van der Waals surface area contributed by atoms with Crippen LogP contribution >= 0.6 is 11.3 Å². The van der Waals surface area contributed by atoms with E-state index in [1.807, 2.05) is 25.3 Å². The molecule has 186 valence electrons. The summed E-state index contributed by atoms with van der Waals surface area (Å²) in [6, 6.07) is 15.8. The summed E-state index contributed by atoms with van der Waals surface area (Å²) in [5, 5.41) is 2.18. The molecule has 1 N–H and O–H groups in total. The summed E-state index contributed by atoms with van der Waals surface area (Å²) in [5.41, 5.74) is 0.771. The second-order valence-electron chi connectivity index (χ2n) is 9.70. The summed E-state index contributed by atoms with van der Waals surface area (Å²) in [5.74, 6) is 0.348. The van der Waals surface area contributed by atoms with Crippen molar-refractivity contribution in [3.63, 3.8) is 0 Å². The Balaban J connectivity index is 1.52. The van der Waals surface area contributed by atoms with E-state index in [0.717, 1.165) is 27.5 Å². The van der Waals surface area contributed by atoms with Crippen molar-refractivity contribution < 1.29 is 18.3 Å². The number of carbonyl (C=O) groups is 1. The van der Waals surface area contributed by atoms with Crippen LogP contribution in [0.25, 0.3) is 0 Å². The maximum absolute atomic E-state index is 15.9. The number of nitrogens with zero attached hydrogens (tertiary/aromatic N) is 2. The minimum absolute atomic E-state index is 0.253. The molecule has 5 nitrogen and oxygen atoms in total. The molecule has 1 aliphatic rings. The van der Waals surface area contributed by atoms with E-state index in [2.05, 4.69) is 35.1 Å². The van der Waals surface area contributed by atoms with Gasteiger partial charge in [-0.1, -0.05) is 24.3 Å². The standard InChI is InChI=1S/C27H31F2N3O2S/c1-19-9-10-20(17-30-19)26(2,3)32-16-15-27(18-32,14-13-22-11-12-23(28)35-22)24(29)31-25(33)34-21-7-5-4-6-8-21/h4-12,17,24H,13-16,18H2,1-3H3,(H,31,33)/t24-,27-/m1/s1. The quantitative estimate of drug-likeness (QED) is 0.373. The number of aryl methyl sites for hydroxylation is 2. The number of amides is 1. The van der Waals surface area contributed by atoms with Crippen LogP contribution in [0.3, 0.4) is 0 Å². The van der Waals surface area contributed by atoms with E-state index in [4.69, 9.17) is 4.74 Å². The van der Waals surface area contributed by atoms with Crippen LogP contribution in [0.15, 0.2) is 60.8 Å². The molecule has 1 fully saturated rings. The maximum Gasteiger partial charge on any atom is 0.414 e. The fraction of sp³-hybridized carbons (Fsp3) is 0.407. The number of pyridine rings is 1. The normalized spacial score (nSPS) is 19.5. The van der Waals surface area contributed by atoms with E-state index in [-0.39, 0.29) is 10.7 Å². The van der Waals surface area contributed by atoms with Gasteiger partial charge in [0.2, 0.25) is 0 Å². The molecule has 3 heterocycles. The zero-order valence-electron chi connectivity index (χ0n) is 20.3. The summed E-state index contributed by atoms with van der Waals surface area (Å²) < 4.78 is 34.7. The van der Waals surface area contributed by atoms with Crippen LogP contribution in [0.5, 0.6) is 5.75 Å². The summed E-state index contributed by atoms with van der Waals surface area (Å²) in [6.45, 7) is 7.26. The highest BCUT2D eigenvalue weighted by atomic mass is 32.1. The summed E-state index contributed by atoms with van der Waals surface area (Å²) in [7, 11) is 0. The number of hydrogen-bond donors (Lipinski definition) is 1. The van der Waals surface area contributed by atoms with Crippen molar-refractivity contribution in [2.45, 2.75) is 51.9 Å². The van der Waals surface area contributed by atoms with E-state index in [0.29, 0.717) is 38.1 Å². The number of nitrogens with one attached hydrogen (secondary N) is 1. The first-order chi connectivity index (χ1) is 16.7. The van der Waals surface area contributed by atoms with Crippen LogP contribution in [-0.2, 0) is 12.0 Å². The van der Waals surface area contributed by atoms with Crippen LogP contribution in [-0.4, -0.2) is 35.4 Å². The Bertz CT molecular complexity index is 1140. The molecule has 1 aliphatic heterocycles. The number of aromatic nitrogens is 1. The summed E-state index contributed by atoms with van der Waals surface area (Å²) in [4.78, 5) is 20.0. The topological polar surface area (TPSA) is 54.5 Å². The van der Waals surface area contributed by atoms with Gasteiger partial charge in [-0.25, -0.2) is 9.18 Å². The lowest BCUT2D eigenvalue weighted by Crippen LogP contribution is -2.49. The van der Waals surface area contributed by atoms with E-state index in [1.54, 1.807) is 30.3 Å². The van der Waals surface area contributed by atoms with E-state index < -0.39 is 17.8 Å². The first kappa shape index (κ1) is 25.3. The molecular formula is C27H31F2N3O2S. The van der Waals surface area contributed by atoms with Crippen molar-refractivity contribution in [3.8, 4) is 5.75 Å². The molecule has 1 saturated heterocycles. The Morgan fingerprint density at radius 3 is 2.66 bits per heavy atom. The number of hydrogen-bond acceptors (Lipinski definition) is 5. The number of ether oxygens (including phenoxy) is 1. The zero-order chi connectivity index (χ0) is 25.1. The Hall–Kier alpha value is -2.84. The third-order valence-corrected chi connectivity index (χ3v) is 7.96. The molecule has 3 aromatic rings. The number of likely N-dealkylation sites (tertiary alicyclic amines) is 1. The van der Waals surface area contributed by atoms with Crippen LogP contribution in [0.1, 0.15) is 42.8 Å². The second kappa shape index (κ2) is 10.4. The average molecular weight is 500 g/mol. The molecule has 1 amide bonds. The molecule has 4 rings (SSSR count). The molecular weight excluding hydrogens is 468 g/mol. The van der Waals surface area contributed by atoms with Gasteiger partial charge in [-0.2, -0.15) is 4.39 Å². The minimum Gasteiger partial charge on any atom is -0.410 e. The molecule has 0 unspecified atom stereocenters. The van der Waals surface area contributed by atoms with Gasteiger partial charge in [-0.3, -0.25) is 15.2 Å². The van der Waals surface area contributed by atoms with Crippen molar-refractivity contribution in [1.82, 2.24) is 15.2 Å². The highest BCUT2D eigenvalue weighted by Gasteiger charge is 2.49. The Morgan fingerprint density at radius 2 is 2.00 bits per heavy atom. The minimum atomic E-state index is -1.62. The average Bonchev–Trinajstić information content (AvgIpc) is 3.46. The number of halogens is 2. The number of para-hydroxylation sites is 1. The predicted molar refractivity (Wildman–Crippen MR) is 134 cm³/mol. The van der Waals surface area contributed by atoms with Gasteiger partial charge in [-0.15, -0.1) is 11.3 Å². The van der Waals surface area contributed by atoms with Crippen molar-refractivity contribution in [1.29, 1.82) is 0 Å². The molecule has 0 radical (unpaired) electrons. The molecule has 0 saturated carbocycles. The van der Waals surface area contributed by atoms with Gasteiger partial charge >= 0.3 is 6.09 Å². The molecule has 1 aromatic carbocycles. The van der Waals surface area contributed by atoms with Gasteiger partial charge in [0.15, 0.2) is 11.4 Å². The monoisotopic (exact) mass is 499 g/mol. The fourth-order valence-corrected chi connectivity index (χ4v) is 5.39. The van der Waals surface area contributed by atoms with E-state index in [9.17, 15) is 9.18 Å². The molecule has 0 aliphatic carbocycles. The highest BCUT2D eigenvalue weighted by molar-refractivity contribution is 7.10. The van der Waals surface area contributed by atoms with Gasteiger partial charge in [-0.05, 0) is 82.5 Å². The lowest BCUT2D eigenvalue weighted by molar-refractivity contribution is 0.0534. The Morgan fingerprint density at radius 1 is 1.23 bits per heavy atom. The molecule has 2 aromatic heterocycles. The van der Waals surface area contributed by atoms with E-state index in [1.165, 1.54) is 6.07 Å². The van der Waals surface area contributed by atoms with Gasteiger partial charge in [0.1, 0.15) is 5.75 Å². The highest BCUT2D eigenvalue weighted by Crippen LogP contribution is 2.44. The van der Waals surface area contributed by atoms with Crippen LogP contribution in [0, 0.1) is 17.5 Å². The zero-order valence-corrected chi connectivity index (χ0v) is 21.1. The van der Waals surface area contributed by atoms with Crippen LogP contribution in [0.4, 0.5) is 13.6 Å². The van der Waals surface area contributed by atoms with E-state index >= 15 is 4.39 Å². The van der Waals surface area contributed by atoms with Crippen molar-refractivity contribution in [3.05, 3.63) is 82.1 Å². The Kier molecular flexibility index (Phi) is 7.52. The van der Waals surface area contributed by atoms with Gasteiger partial charge in [0.25, 0.3) is 0 Å². The van der Waals surface area contributed by atoms with Gasteiger partial charge in [0, 0.05) is 34.3 Å². The lowest BCUT2D eigenvalue weighted by Gasteiger charge is -2.39. The fourth-order valence-electron chi connectivity index (χ4n) is 4.66. The van der Waals surface area contributed by atoms with Crippen molar-refractivity contribution in [2.75, 3.05) is 13.1 Å². The number of rotatable bonds is 8. The van der Waals surface area contributed by atoms with Crippen LogP contribution in [0.2, 0.25) is 0 Å². The van der Waals surface area contributed by atoms with Gasteiger partial charge < -0.3 is 4.74 Å². The molecule has 0 bridgehead atoms. The second-order valence-corrected chi connectivity index (χ2v) is 10.8. The molecule has 35 heavy (non-hydrogen) atoms. The number of alkyl halides is 1. The number of benzene rings is 1. The smallest absolute Gasteiger partial charge is 0.410 e. The third kappa shape index (κ3) is 5.87. The summed E-state index contributed by atoms with van der Waals surface area (Å²) >= 11 is 1.08. The number of thiophene rings is 1. The molecule has 8 heteroatoms. The Labute approximate surface area is 209 Å². The molecule has 2 atom stereocenters. The van der Waals surface area contributed by atoms with Crippen LogP contribution < -0.4 is 10.1 Å². The third-order valence-electron chi connectivity index (χ3n) is 7.03. The summed E-state index contributed by atoms with van der Waals surface area (Å²) in [6.07, 6.45) is 0.970. The lowest BCUT2D eigenvalue weighted by atomic mass is 9.80. The first-order valence-electron chi connectivity index (χ1n) is 11.8. The predicted octanol–water partition coefficient (Wildman–Crippen LogP) is 6.23. The largest absolute Gasteiger partial charge is 0.414 e. The van der Waals surface area contributed by atoms with Gasteiger partial charge in [0.05, 0.1) is 0 Å². The van der Waals surface area contributed by atoms with Crippen molar-refractivity contribution in [2.24, 2.45) is 5.41 Å². The first-order valence-corrected chi connectivity index (χ1v) is 12.6.